The molecule has 28 heavy (non-hydrogen) atoms. The Morgan fingerprint density at radius 3 is 1.32 bits per heavy atom. The second kappa shape index (κ2) is 26.9. The molecule has 0 fully saturated rings. The summed E-state index contributed by atoms with van der Waals surface area (Å²) in [6, 6.07) is 0. The molecule has 0 amide bonds. The SMILES string of the molecule is CCCCCCCCO[CH]CCCCCCCCCCOCCCCCCC. The lowest BCUT2D eigenvalue weighted by molar-refractivity contribution is 0.125. The molecule has 0 spiro atoms. The van der Waals surface area contributed by atoms with E-state index in [0.717, 1.165) is 26.2 Å². The average molecular weight is 398 g/mol. The molecular weight excluding hydrogens is 344 g/mol. The van der Waals surface area contributed by atoms with Crippen molar-refractivity contribution in [2.24, 2.45) is 0 Å². The van der Waals surface area contributed by atoms with E-state index < -0.39 is 0 Å². The standard InChI is InChI=1S/C26H53O2/c1-3-5-7-9-16-20-24-28-26-22-18-14-12-10-11-13-17-21-25-27-23-19-15-8-6-4-2/h26H,3-25H2,1-2H3. The van der Waals surface area contributed by atoms with E-state index in [9.17, 15) is 0 Å². The van der Waals surface area contributed by atoms with Gasteiger partial charge < -0.3 is 9.47 Å². The Balaban J connectivity index is 2.96. The zero-order valence-corrected chi connectivity index (χ0v) is 19.7. The van der Waals surface area contributed by atoms with Crippen LogP contribution in [0.4, 0.5) is 0 Å². The van der Waals surface area contributed by atoms with Gasteiger partial charge in [-0.2, -0.15) is 0 Å². The van der Waals surface area contributed by atoms with E-state index in [2.05, 4.69) is 20.5 Å². The van der Waals surface area contributed by atoms with Crippen molar-refractivity contribution in [1.29, 1.82) is 0 Å². The quantitative estimate of drug-likeness (QED) is 0.143. The summed E-state index contributed by atoms with van der Waals surface area (Å²) in [4.78, 5) is 0. The third-order valence-corrected chi connectivity index (χ3v) is 5.49. The fraction of sp³-hybridized carbons (Fsp3) is 0.962. The molecule has 0 atom stereocenters. The summed E-state index contributed by atoms with van der Waals surface area (Å²) in [5.74, 6) is 0. The van der Waals surface area contributed by atoms with Crippen LogP contribution in [0, 0.1) is 6.61 Å². The zero-order valence-electron chi connectivity index (χ0n) is 19.7. The van der Waals surface area contributed by atoms with Crippen molar-refractivity contribution in [2.75, 3.05) is 19.8 Å². The third kappa shape index (κ3) is 25.9. The van der Waals surface area contributed by atoms with Crippen LogP contribution in [0.5, 0.6) is 0 Å². The van der Waals surface area contributed by atoms with Crippen LogP contribution in [0.1, 0.15) is 142 Å². The molecule has 0 aromatic rings. The summed E-state index contributed by atoms with van der Waals surface area (Å²) >= 11 is 0. The highest BCUT2D eigenvalue weighted by molar-refractivity contribution is 4.54. The van der Waals surface area contributed by atoms with Crippen LogP contribution < -0.4 is 0 Å². The second-order valence-electron chi connectivity index (χ2n) is 8.45. The molecule has 0 N–H and O–H groups in total. The minimum absolute atomic E-state index is 0.925. The normalized spacial score (nSPS) is 11.4. The third-order valence-electron chi connectivity index (χ3n) is 5.49. The van der Waals surface area contributed by atoms with E-state index in [4.69, 9.17) is 9.47 Å². The monoisotopic (exact) mass is 397 g/mol. The fourth-order valence-corrected chi connectivity index (χ4v) is 3.53. The Hall–Kier alpha value is -0.0800. The van der Waals surface area contributed by atoms with Crippen LogP contribution in [0.25, 0.3) is 0 Å². The molecule has 169 valence electrons. The molecule has 0 rings (SSSR count). The Kier molecular flexibility index (Phi) is 26.8. The second-order valence-corrected chi connectivity index (χ2v) is 8.45. The van der Waals surface area contributed by atoms with Crippen LogP contribution in [-0.4, -0.2) is 19.8 Å². The highest BCUT2D eigenvalue weighted by atomic mass is 16.5. The Morgan fingerprint density at radius 1 is 0.429 bits per heavy atom. The van der Waals surface area contributed by atoms with Gasteiger partial charge in [-0.1, -0.05) is 117 Å². The molecule has 2 heteroatoms. The number of ether oxygens (including phenoxy) is 2. The fourth-order valence-electron chi connectivity index (χ4n) is 3.53. The maximum absolute atomic E-state index is 5.73. The number of hydrogen-bond donors (Lipinski definition) is 0. The number of hydrogen-bond acceptors (Lipinski definition) is 2. The van der Waals surface area contributed by atoms with Crippen molar-refractivity contribution in [1.82, 2.24) is 0 Å². The van der Waals surface area contributed by atoms with E-state index in [1.54, 1.807) is 0 Å². The van der Waals surface area contributed by atoms with Gasteiger partial charge >= 0.3 is 0 Å². The van der Waals surface area contributed by atoms with Crippen molar-refractivity contribution in [3.05, 3.63) is 6.61 Å². The van der Waals surface area contributed by atoms with Crippen LogP contribution in [0.3, 0.4) is 0 Å². The molecule has 0 saturated heterocycles. The predicted molar refractivity (Wildman–Crippen MR) is 125 cm³/mol. The Morgan fingerprint density at radius 2 is 0.821 bits per heavy atom. The van der Waals surface area contributed by atoms with E-state index in [0.29, 0.717) is 0 Å². The number of rotatable bonds is 25. The van der Waals surface area contributed by atoms with Crippen molar-refractivity contribution in [3.8, 4) is 0 Å². The predicted octanol–water partition coefficient (Wildman–Crippen LogP) is 9.02. The van der Waals surface area contributed by atoms with E-state index in [1.165, 1.54) is 122 Å². The first-order valence-electron chi connectivity index (χ1n) is 12.9. The van der Waals surface area contributed by atoms with Gasteiger partial charge in [0.15, 0.2) is 0 Å². The lowest BCUT2D eigenvalue weighted by atomic mass is 10.1. The molecule has 0 aliphatic carbocycles. The van der Waals surface area contributed by atoms with Crippen LogP contribution in [0.2, 0.25) is 0 Å². The van der Waals surface area contributed by atoms with E-state index in [1.807, 2.05) is 0 Å². The van der Waals surface area contributed by atoms with Crippen LogP contribution in [0.15, 0.2) is 0 Å². The lowest BCUT2D eigenvalue weighted by Crippen LogP contribution is -1.97. The van der Waals surface area contributed by atoms with Gasteiger partial charge in [0, 0.05) is 19.8 Å². The summed E-state index contributed by atoms with van der Waals surface area (Å²) in [5, 5.41) is 0. The van der Waals surface area contributed by atoms with Crippen molar-refractivity contribution in [2.45, 2.75) is 142 Å². The summed E-state index contributed by atoms with van der Waals surface area (Å²) in [6.45, 7) is 9.46. The zero-order chi connectivity index (χ0) is 20.4. The van der Waals surface area contributed by atoms with Crippen molar-refractivity contribution in [3.63, 3.8) is 0 Å². The summed E-state index contributed by atoms with van der Waals surface area (Å²) in [5.41, 5.74) is 0. The van der Waals surface area contributed by atoms with Gasteiger partial charge in [0.2, 0.25) is 0 Å². The Labute approximate surface area is 178 Å². The molecule has 2 nitrogen and oxygen atoms in total. The van der Waals surface area contributed by atoms with Gasteiger partial charge in [0.05, 0.1) is 6.61 Å². The molecule has 0 aromatic heterocycles. The first-order valence-corrected chi connectivity index (χ1v) is 12.9. The molecule has 0 saturated carbocycles. The maximum atomic E-state index is 5.73. The summed E-state index contributed by atoms with van der Waals surface area (Å²) in [6.07, 6.45) is 26.7. The Bertz CT molecular complexity index is 229. The molecule has 0 aliphatic rings. The van der Waals surface area contributed by atoms with Crippen LogP contribution in [-0.2, 0) is 9.47 Å². The summed E-state index contributed by atoms with van der Waals surface area (Å²) in [7, 11) is 0. The van der Waals surface area contributed by atoms with Gasteiger partial charge in [0.1, 0.15) is 0 Å². The average Bonchev–Trinajstić information content (AvgIpc) is 2.71. The van der Waals surface area contributed by atoms with Gasteiger partial charge in [-0.05, 0) is 25.7 Å². The van der Waals surface area contributed by atoms with Crippen molar-refractivity contribution >= 4 is 0 Å². The van der Waals surface area contributed by atoms with Gasteiger partial charge in [-0.15, -0.1) is 0 Å². The van der Waals surface area contributed by atoms with Gasteiger partial charge in [-0.3, -0.25) is 0 Å². The molecule has 0 heterocycles. The van der Waals surface area contributed by atoms with Crippen molar-refractivity contribution < 1.29 is 9.47 Å². The topological polar surface area (TPSA) is 18.5 Å². The van der Waals surface area contributed by atoms with E-state index >= 15 is 0 Å². The largest absolute Gasteiger partial charge is 0.381 e. The molecular formula is C26H53O2. The smallest absolute Gasteiger partial charge is 0.0836 e. The molecule has 0 bridgehead atoms. The molecule has 0 aliphatic heterocycles. The van der Waals surface area contributed by atoms with Crippen LogP contribution >= 0.6 is 0 Å². The highest BCUT2D eigenvalue weighted by Gasteiger charge is 1.96. The first-order chi connectivity index (χ1) is 13.9. The lowest BCUT2D eigenvalue weighted by Gasteiger charge is -2.05. The van der Waals surface area contributed by atoms with E-state index in [-0.39, 0.29) is 0 Å². The minimum atomic E-state index is 0.925. The maximum Gasteiger partial charge on any atom is 0.0836 e. The van der Waals surface area contributed by atoms with Gasteiger partial charge in [-0.25, -0.2) is 0 Å². The highest BCUT2D eigenvalue weighted by Crippen LogP contribution is 2.11. The van der Waals surface area contributed by atoms with Gasteiger partial charge in [0.25, 0.3) is 0 Å². The molecule has 0 unspecified atom stereocenters. The number of unbranched alkanes of at least 4 members (excludes halogenated alkanes) is 17. The molecule has 1 radical (unpaired) electrons. The summed E-state index contributed by atoms with van der Waals surface area (Å²) < 4.78 is 11.4. The first kappa shape index (κ1) is 27.9. The minimum Gasteiger partial charge on any atom is -0.381 e. The molecule has 0 aromatic carbocycles.